The zero-order valence-corrected chi connectivity index (χ0v) is 11.7. The molecule has 6 heteroatoms. The fourth-order valence-electron chi connectivity index (χ4n) is 2.70. The summed E-state index contributed by atoms with van der Waals surface area (Å²) in [7, 11) is 0. The summed E-state index contributed by atoms with van der Waals surface area (Å²) in [5, 5.41) is 19.0. The monoisotopic (exact) mass is 292 g/mol. The van der Waals surface area contributed by atoms with Crippen LogP contribution in [-0.4, -0.2) is 52.2 Å². The zero-order valence-electron chi connectivity index (χ0n) is 11.7. The van der Waals surface area contributed by atoms with Gasteiger partial charge in [0.2, 0.25) is 5.91 Å². The SMILES string of the molecule is NCC1CC(=O)N([C@H](Cc2ccccc2)[C@H](O)C(=O)O)C1. The topological polar surface area (TPSA) is 104 Å². The van der Waals surface area contributed by atoms with E-state index in [-0.39, 0.29) is 11.8 Å². The molecule has 1 saturated heterocycles. The van der Waals surface area contributed by atoms with Crippen LogP contribution in [0.25, 0.3) is 0 Å². The van der Waals surface area contributed by atoms with E-state index in [0.717, 1.165) is 5.56 Å². The lowest BCUT2D eigenvalue weighted by Crippen LogP contribution is -2.49. The second-order valence-corrected chi connectivity index (χ2v) is 5.39. The van der Waals surface area contributed by atoms with Gasteiger partial charge in [0.25, 0.3) is 0 Å². The third-order valence-corrected chi connectivity index (χ3v) is 3.88. The molecule has 0 aromatic heterocycles. The third kappa shape index (κ3) is 3.59. The molecule has 0 bridgehead atoms. The van der Waals surface area contributed by atoms with Crippen LogP contribution in [0, 0.1) is 5.92 Å². The van der Waals surface area contributed by atoms with Gasteiger partial charge in [-0.2, -0.15) is 0 Å². The van der Waals surface area contributed by atoms with Gasteiger partial charge >= 0.3 is 5.97 Å². The summed E-state index contributed by atoms with van der Waals surface area (Å²) in [6.07, 6.45) is -0.989. The molecule has 0 spiro atoms. The minimum Gasteiger partial charge on any atom is -0.479 e. The normalized spacial score (nSPS) is 21.3. The number of hydrogen-bond donors (Lipinski definition) is 3. The van der Waals surface area contributed by atoms with E-state index in [1.54, 1.807) is 0 Å². The molecule has 1 fully saturated rings. The number of carboxylic acids is 1. The first-order valence-corrected chi connectivity index (χ1v) is 6.97. The van der Waals surface area contributed by atoms with Gasteiger partial charge in [-0.15, -0.1) is 0 Å². The van der Waals surface area contributed by atoms with Gasteiger partial charge in [-0.25, -0.2) is 4.79 Å². The van der Waals surface area contributed by atoms with Crippen molar-refractivity contribution in [1.29, 1.82) is 0 Å². The van der Waals surface area contributed by atoms with E-state index in [1.807, 2.05) is 30.3 Å². The quantitative estimate of drug-likeness (QED) is 0.676. The molecule has 3 atom stereocenters. The first-order chi connectivity index (χ1) is 10.0. The van der Waals surface area contributed by atoms with Crippen molar-refractivity contribution in [1.82, 2.24) is 4.90 Å². The van der Waals surface area contributed by atoms with Gasteiger partial charge in [0.15, 0.2) is 6.10 Å². The van der Waals surface area contributed by atoms with Crippen molar-refractivity contribution in [3.05, 3.63) is 35.9 Å². The van der Waals surface area contributed by atoms with Crippen LogP contribution in [0.15, 0.2) is 30.3 Å². The van der Waals surface area contributed by atoms with Crippen LogP contribution in [0.2, 0.25) is 0 Å². The van der Waals surface area contributed by atoms with E-state index in [4.69, 9.17) is 10.8 Å². The highest BCUT2D eigenvalue weighted by Crippen LogP contribution is 2.23. The van der Waals surface area contributed by atoms with Gasteiger partial charge in [0.1, 0.15) is 0 Å². The molecule has 1 unspecified atom stereocenters. The number of nitrogens with two attached hydrogens (primary N) is 1. The van der Waals surface area contributed by atoms with Crippen molar-refractivity contribution in [2.24, 2.45) is 11.7 Å². The van der Waals surface area contributed by atoms with Crippen LogP contribution >= 0.6 is 0 Å². The van der Waals surface area contributed by atoms with E-state index in [1.165, 1.54) is 4.90 Å². The fourth-order valence-corrected chi connectivity index (χ4v) is 2.70. The molecule has 6 nitrogen and oxygen atoms in total. The maximum atomic E-state index is 12.1. The maximum absolute atomic E-state index is 12.1. The Bertz CT molecular complexity index is 506. The van der Waals surface area contributed by atoms with Crippen LogP contribution in [0.1, 0.15) is 12.0 Å². The lowest BCUT2D eigenvalue weighted by molar-refractivity contribution is -0.152. The van der Waals surface area contributed by atoms with Gasteiger partial charge in [0, 0.05) is 13.0 Å². The number of carbonyl (C=O) groups is 2. The number of carbonyl (C=O) groups excluding carboxylic acids is 1. The molecule has 1 aromatic carbocycles. The Labute approximate surface area is 123 Å². The number of rotatable bonds is 6. The van der Waals surface area contributed by atoms with Gasteiger partial charge in [-0.1, -0.05) is 30.3 Å². The Morgan fingerprint density at radius 2 is 2.05 bits per heavy atom. The van der Waals surface area contributed by atoms with Crippen molar-refractivity contribution >= 4 is 11.9 Å². The Morgan fingerprint density at radius 1 is 1.38 bits per heavy atom. The van der Waals surface area contributed by atoms with Crippen LogP contribution in [0.4, 0.5) is 0 Å². The molecule has 0 radical (unpaired) electrons. The summed E-state index contributed by atoms with van der Waals surface area (Å²) in [5.74, 6) is -1.44. The summed E-state index contributed by atoms with van der Waals surface area (Å²) in [5.41, 5.74) is 6.47. The first-order valence-electron chi connectivity index (χ1n) is 6.97. The van der Waals surface area contributed by atoms with E-state index in [2.05, 4.69) is 0 Å². The maximum Gasteiger partial charge on any atom is 0.334 e. The van der Waals surface area contributed by atoms with Crippen molar-refractivity contribution < 1.29 is 19.8 Å². The number of likely N-dealkylation sites (tertiary alicyclic amines) is 1. The molecule has 1 amide bonds. The van der Waals surface area contributed by atoms with Crippen LogP contribution < -0.4 is 5.73 Å². The minimum atomic E-state index is -1.61. The average Bonchev–Trinajstić information content (AvgIpc) is 2.86. The predicted octanol–water partition coefficient (Wildman–Crippen LogP) is -0.150. The molecule has 21 heavy (non-hydrogen) atoms. The lowest BCUT2D eigenvalue weighted by Gasteiger charge is -2.30. The summed E-state index contributed by atoms with van der Waals surface area (Å²) >= 11 is 0. The van der Waals surface area contributed by atoms with Gasteiger partial charge in [-0.05, 0) is 24.4 Å². The van der Waals surface area contributed by atoms with Gasteiger partial charge in [-0.3, -0.25) is 4.79 Å². The minimum absolute atomic E-state index is 0.0248. The lowest BCUT2D eigenvalue weighted by atomic mass is 9.99. The molecule has 4 N–H and O–H groups in total. The molecular formula is C15H20N2O4. The number of aliphatic hydroxyl groups is 1. The fraction of sp³-hybridized carbons (Fsp3) is 0.467. The first kappa shape index (κ1) is 15.5. The van der Waals surface area contributed by atoms with E-state index >= 15 is 0 Å². The molecule has 1 aromatic rings. The number of aliphatic hydroxyl groups excluding tert-OH is 1. The second-order valence-electron chi connectivity index (χ2n) is 5.39. The van der Waals surface area contributed by atoms with E-state index in [9.17, 15) is 14.7 Å². The van der Waals surface area contributed by atoms with Crippen LogP contribution in [0.3, 0.4) is 0 Å². The molecule has 0 aliphatic carbocycles. The summed E-state index contributed by atoms with van der Waals surface area (Å²) < 4.78 is 0. The standard InChI is InChI=1S/C15H20N2O4/c16-8-11-7-13(18)17(9-11)12(14(19)15(20)21)6-10-4-2-1-3-5-10/h1-5,11-12,14,19H,6-9,16H2,(H,20,21)/t11?,12-,14+/m1/s1. The second kappa shape index (κ2) is 6.69. The smallest absolute Gasteiger partial charge is 0.334 e. The molecule has 2 rings (SSSR count). The molecule has 0 saturated carbocycles. The van der Waals surface area contributed by atoms with Gasteiger partial charge < -0.3 is 20.8 Å². The van der Waals surface area contributed by atoms with Crippen LogP contribution in [-0.2, 0) is 16.0 Å². The molecule has 1 aliphatic heterocycles. The highest BCUT2D eigenvalue weighted by Gasteiger charge is 2.39. The summed E-state index contributed by atoms with van der Waals surface area (Å²) in [6.45, 7) is 0.778. The van der Waals surface area contributed by atoms with Crippen molar-refractivity contribution in [2.75, 3.05) is 13.1 Å². The number of nitrogens with zero attached hydrogens (tertiary/aromatic N) is 1. The highest BCUT2D eigenvalue weighted by atomic mass is 16.4. The van der Waals surface area contributed by atoms with Gasteiger partial charge in [0.05, 0.1) is 6.04 Å². The Kier molecular flexibility index (Phi) is 4.93. The predicted molar refractivity (Wildman–Crippen MR) is 76.5 cm³/mol. The number of carboxylic acid groups (broad SMARTS) is 1. The molecule has 1 heterocycles. The number of aliphatic carboxylic acids is 1. The van der Waals surface area contributed by atoms with Crippen molar-refractivity contribution in [3.8, 4) is 0 Å². The summed E-state index contributed by atoms with van der Waals surface area (Å²) in [6, 6.07) is 8.47. The Hall–Kier alpha value is -1.92. The van der Waals surface area contributed by atoms with Crippen molar-refractivity contribution in [3.63, 3.8) is 0 Å². The average molecular weight is 292 g/mol. The highest BCUT2D eigenvalue weighted by molar-refractivity contribution is 5.81. The van der Waals surface area contributed by atoms with E-state index in [0.29, 0.717) is 25.9 Å². The largest absolute Gasteiger partial charge is 0.479 e. The number of benzene rings is 1. The Balaban J connectivity index is 2.20. The number of hydrogen-bond acceptors (Lipinski definition) is 4. The molecule has 1 aliphatic rings. The Morgan fingerprint density at radius 3 is 2.57 bits per heavy atom. The molecular weight excluding hydrogens is 272 g/mol. The summed E-state index contributed by atoms with van der Waals surface area (Å²) in [4.78, 5) is 24.7. The van der Waals surface area contributed by atoms with Crippen molar-refractivity contribution in [2.45, 2.75) is 25.0 Å². The molecule has 114 valence electrons. The van der Waals surface area contributed by atoms with E-state index < -0.39 is 18.1 Å². The van der Waals surface area contributed by atoms with Crippen LogP contribution in [0.5, 0.6) is 0 Å². The zero-order chi connectivity index (χ0) is 15.4. The third-order valence-electron chi connectivity index (χ3n) is 3.88. The number of amides is 1.